The molecule has 0 bridgehead atoms. The summed E-state index contributed by atoms with van der Waals surface area (Å²) in [6.45, 7) is 2.41. The second-order valence-corrected chi connectivity index (χ2v) is 10.8. The largest absolute Gasteiger partial charge is 0.480 e. The highest BCUT2D eigenvalue weighted by molar-refractivity contribution is 7.90. The van der Waals surface area contributed by atoms with Crippen LogP contribution in [0.15, 0.2) is 29.2 Å². The van der Waals surface area contributed by atoms with Crippen LogP contribution in [-0.4, -0.2) is 146 Å². The number of amides is 1. The number of nitrogens with one attached hydrogen (secondary N) is 1. The number of aliphatic carboxylic acids is 3. The number of sulfonamides is 1. The van der Waals surface area contributed by atoms with E-state index in [4.69, 9.17) is 0 Å². The lowest BCUT2D eigenvalue weighted by Gasteiger charge is -2.32. The molecule has 1 saturated heterocycles. The Kier molecular flexibility index (Phi) is 12.1. The van der Waals surface area contributed by atoms with E-state index < -0.39 is 33.8 Å². The molecule has 0 atom stereocenters. The predicted octanol–water partition coefficient (Wildman–Crippen LogP) is -1.72. The first-order chi connectivity index (χ1) is 17.8. The molecule has 0 unspecified atom stereocenters. The minimum absolute atomic E-state index is 0.0590. The molecule has 4 N–H and O–H groups in total. The molecule has 2 rings (SSSR count). The maximum absolute atomic E-state index is 12.7. The summed E-state index contributed by atoms with van der Waals surface area (Å²) in [4.78, 5) is 53.1. The third-order valence-corrected chi connectivity index (χ3v) is 7.34. The first-order valence-corrected chi connectivity index (χ1v) is 13.5. The molecule has 0 aromatic heterocycles. The Bertz CT molecular complexity index is 1050. The van der Waals surface area contributed by atoms with E-state index in [1.807, 2.05) is 0 Å². The Hall–Kier alpha value is -3.11. The van der Waals surface area contributed by atoms with Gasteiger partial charge in [0.25, 0.3) is 10.0 Å². The summed E-state index contributed by atoms with van der Waals surface area (Å²) < 4.78 is 27.3. The molecule has 1 fully saturated rings. The summed E-state index contributed by atoms with van der Waals surface area (Å²) in [5.41, 5.74) is 0.859. The third-order valence-electron chi connectivity index (χ3n) is 5.95. The van der Waals surface area contributed by atoms with Gasteiger partial charge in [0.05, 0.1) is 31.1 Å². The Morgan fingerprint density at radius 1 is 0.658 bits per heavy atom. The fourth-order valence-electron chi connectivity index (χ4n) is 3.95. The summed E-state index contributed by atoms with van der Waals surface area (Å²) in [6, 6.07) is 6.01. The van der Waals surface area contributed by atoms with Crippen LogP contribution in [0, 0.1) is 6.92 Å². The van der Waals surface area contributed by atoms with Crippen LogP contribution < -0.4 is 4.72 Å². The number of hydrogen-bond acceptors (Lipinski definition) is 10. The maximum atomic E-state index is 12.7. The SMILES string of the molecule is Cc1ccc(S(=O)(=O)NC(=O)CN2CCN(CC(=O)O)CCN(CC(=O)O)CCN(CC(=O)O)CC2)cc1. The van der Waals surface area contributed by atoms with Crippen LogP contribution >= 0.6 is 0 Å². The number of benzene rings is 1. The fraction of sp³-hybridized carbons (Fsp3) is 0.565. The van der Waals surface area contributed by atoms with Crippen molar-refractivity contribution >= 4 is 33.8 Å². The van der Waals surface area contributed by atoms with Gasteiger partial charge in [-0.2, -0.15) is 0 Å². The van der Waals surface area contributed by atoms with E-state index in [9.17, 15) is 42.9 Å². The van der Waals surface area contributed by atoms with Gasteiger partial charge in [0.15, 0.2) is 0 Å². The lowest BCUT2D eigenvalue weighted by atomic mass is 10.2. The summed E-state index contributed by atoms with van der Waals surface area (Å²) >= 11 is 0. The zero-order valence-corrected chi connectivity index (χ0v) is 22.1. The van der Waals surface area contributed by atoms with Crippen molar-refractivity contribution in [2.24, 2.45) is 0 Å². The van der Waals surface area contributed by atoms with Gasteiger partial charge in [-0.1, -0.05) is 17.7 Å². The minimum atomic E-state index is -4.09. The minimum Gasteiger partial charge on any atom is -0.480 e. The summed E-state index contributed by atoms with van der Waals surface area (Å²) in [5.74, 6) is -3.96. The number of rotatable bonds is 10. The molecule has 1 heterocycles. The van der Waals surface area contributed by atoms with Crippen molar-refractivity contribution in [3.8, 4) is 0 Å². The fourth-order valence-corrected chi connectivity index (χ4v) is 4.92. The highest BCUT2D eigenvalue weighted by Crippen LogP contribution is 2.10. The summed E-state index contributed by atoms with van der Waals surface area (Å²) in [6.07, 6.45) is 0. The van der Waals surface area contributed by atoms with Crippen LogP contribution in [0.5, 0.6) is 0 Å². The Balaban J connectivity index is 2.16. The zero-order chi connectivity index (χ0) is 28.3. The number of carboxylic acids is 3. The van der Waals surface area contributed by atoms with Gasteiger partial charge >= 0.3 is 17.9 Å². The molecular formula is C23H35N5O9S. The van der Waals surface area contributed by atoms with E-state index in [1.54, 1.807) is 38.7 Å². The Morgan fingerprint density at radius 3 is 1.29 bits per heavy atom. The van der Waals surface area contributed by atoms with E-state index in [1.165, 1.54) is 12.1 Å². The first-order valence-electron chi connectivity index (χ1n) is 12.0. The number of carbonyl (C=O) groups is 4. The Morgan fingerprint density at radius 2 is 0.974 bits per heavy atom. The van der Waals surface area contributed by atoms with Crippen LogP contribution in [0.25, 0.3) is 0 Å². The van der Waals surface area contributed by atoms with E-state index in [2.05, 4.69) is 4.72 Å². The molecule has 1 aromatic carbocycles. The maximum Gasteiger partial charge on any atom is 0.317 e. The normalized spacial score (nSPS) is 17.7. The molecular weight excluding hydrogens is 522 g/mol. The molecule has 1 amide bonds. The van der Waals surface area contributed by atoms with Crippen LogP contribution in [0.3, 0.4) is 0 Å². The summed E-state index contributed by atoms with van der Waals surface area (Å²) in [5, 5.41) is 27.8. The van der Waals surface area contributed by atoms with Gasteiger partial charge in [-0.25, -0.2) is 13.1 Å². The number of carboxylic acid groups (broad SMARTS) is 3. The van der Waals surface area contributed by atoms with Crippen molar-refractivity contribution in [1.82, 2.24) is 24.3 Å². The quantitative estimate of drug-likeness (QED) is 0.254. The molecule has 14 nitrogen and oxygen atoms in total. The number of aryl methyl sites for hydroxylation is 1. The first kappa shape index (κ1) is 31.1. The molecule has 1 aromatic rings. The van der Waals surface area contributed by atoms with E-state index >= 15 is 0 Å². The smallest absolute Gasteiger partial charge is 0.317 e. The second-order valence-electron chi connectivity index (χ2n) is 9.13. The standard InChI is InChI=1S/C23H35N5O9S/c1-18-2-4-19(5-3-18)38(36,37)24-20(29)14-25-6-8-26(15-21(30)31)10-12-28(17-23(34)35)13-11-27(9-7-25)16-22(32)33/h2-5H,6-17H2,1H3,(H,24,29)(H,30,31)(H,32,33)(H,34,35). The van der Waals surface area contributed by atoms with Crippen LogP contribution in [0.1, 0.15) is 5.56 Å². The van der Waals surface area contributed by atoms with E-state index in [-0.39, 0.29) is 83.4 Å². The molecule has 0 radical (unpaired) electrons. The predicted molar refractivity (Wildman–Crippen MR) is 135 cm³/mol. The molecule has 38 heavy (non-hydrogen) atoms. The number of nitrogens with zero attached hydrogens (tertiary/aromatic N) is 4. The van der Waals surface area contributed by atoms with Crippen molar-refractivity contribution in [3.05, 3.63) is 29.8 Å². The summed E-state index contributed by atoms with van der Waals surface area (Å²) in [7, 11) is -4.09. The monoisotopic (exact) mass is 557 g/mol. The number of hydrogen-bond donors (Lipinski definition) is 4. The number of carbonyl (C=O) groups excluding carboxylic acids is 1. The molecule has 212 valence electrons. The van der Waals surface area contributed by atoms with Crippen molar-refractivity contribution < 1.29 is 42.9 Å². The average Bonchev–Trinajstić information content (AvgIpc) is 2.79. The van der Waals surface area contributed by atoms with E-state index in [0.29, 0.717) is 0 Å². The topological polar surface area (TPSA) is 188 Å². The second kappa shape index (κ2) is 14.7. The van der Waals surface area contributed by atoms with Gasteiger partial charge in [0.2, 0.25) is 5.91 Å². The van der Waals surface area contributed by atoms with Crippen LogP contribution in [-0.2, 0) is 29.2 Å². The molecule has 15 heteroatoms. The highest BCUT2D eigenvalue weighted by Gasteiger charge is 2.23. The highest BCUT2D eigenvalue weighted by atomic mass is 32.2. The van der Waals surface area contributed by atoms with Crippen LogP contribution in [0.2, 0.25) is 0 Å². The van der Waals surface area contributed by atoms with Gasteiger partial charge in [-0.3, -0.25) is 38.8 Å². The third kappa shape index (κ3) is 11.5. The molecule has 1 aliphatic rings. The van der Waals surface area contributed by atoms with Gasteiger partial charge in [0, 0.05) is 52.4 Å². The van der Waals surface area contributed by atoms with Gasteiger partial charge in [-0.15, -0.1) is 0 Å². The lowest BCUT2D eigenvalue weighted by molar-refractivity contribution is -0.140. The Labute approximate surface area is 221 Å². The van der Waals surface area contributed by atoms with Gasteiger partial charge in [-0.05, 0) is 19.1 Å². The zero-order valence-electron chi connectivity index (χ0n) is 21.3. The van der Waals surface area contributed by atoms with Crippen LogP contribution in [0.4, 0.5) is 0 Å². The molecule has 0 spiro atoms. The van der Waals surface area contributed by atoms with Gasteiger partial charge < -0.3 is 15.3 Å². The van der Waals surface area contributed by atoms with E-state index in [0.717, 1.165) is 5.56 Å². The van der Waals surface area contributed by atoms with Gasteiger partial charge in [0.1, 0.15) is 0 Å². The molecule has 0 saturated carbocycles. The molecule has 1 aliphatic heterocycles. The van der Waals surface area contributed by atoms with Crippen molar-refractivity contribution in [3.63, 3.8) is 0 Å². The van der Waals surface area contributed by atoms with Crippen molar-refractivity contribution in [2.75, 3.05) is 78.5 Å². The van der Waals surface area contributed by atoms with Crippen molar-refractivity contribution in [1.29, 1.82) is 0 Å². The van der Waals surface area contributed by atoms with Crippen molar-refractivity contribution in [2.45, 2.75) is 11.8 Å². The lowest BCUT2D eigenvalue weighted by Crippen LogP contribution is -2.50. The molecule has 0 aliphatic carbocycles. The average molecular weight is 558 g/mol.